The van der Waals surface area contributed by atoms with Crippen molar-refractivity contribution in [1.29, 1.82) is 0 Å². The van der Waals surface area contributed by atoms with Crippen molar-refractivity contribution in [3.8, 4) is 11.3 Å². The van der Waals surface area contributed by atoms with E-state index in [9.17, 15) is 17.6 Å². The van der Waals surface area contributed by atoms with Gasteiger partial charge in [0.25, 0.3) is 0 Å². The van der Waals surface area contributed by atoms with Gasteiger partial charge in [-0.3, -0.25) is 4.98 Å². The Hall–Kier alpha value is -1.96. The minimum Gasteiger partial charge on any atom is -0.331 e. The third kappa shape index (κ3) is 4.11. The van der Waals surface area contributed by atoms with E-state index >= 15 is 0 Å². The molecule has 164 valence electrons. The van der Waals surface area contributed by atoms with Crippen LogP contribution in [0.25, 0.3) is 11.3 Å². The third-order valence-electron chi connectivity index (χ3n) is 6.13. The summed E-state index contributed by atoms with van der Waals surface area (Å²) < 4.78 is 54.9. The summed E-state index contributed by atoms with van der Waals surface area (Å²) in [6, 6.07) is 1.44. The van der Waals surface area contributed by atoms with E-state index in [2.05, 4.69) is 35.2 Å². The third-order valence-corrected chi connectivity index (χ3v) is 6.13. The molecule has 2 aromatic heterocycles. The van der Waals surface area contributed by atoms with Crippen LogP contribution in [0.1, 0.15) is 43.9 Å². The smallest absolute Gasteiger partial charge is 0.331 e. The van der Waals surface area contributed by atoms with Crippen molar-refractivity contribution >= 4 is 0 Å². The van der Waals surface area contributed by atoms with Crippen LogP contribution in [0.2, 0.25) is 0 Å². The minimum absolute atomic E-state index is 0.00665. The number of piperidine rings is 1. The van der Waals surface area contributed by atoms with Gasteiger partial charge >= 0.3 is 6.18 Å². The Morgan fingerprint density at radius 3 is 2.37 bits per heavy atom. The number of fused-ring (bicyclic) bond motifs is 1. The van der Waals surface area contributed by atoms with Crippen LogP contribution in [-0.2, 0) is 12.6 Å². The summed E-state index contributed by atoms with van der Waals surface area (Å²) >= 11 is 0. The fourth-order valence-electron chi connectivity index (χ4n) is 4.69. The highest BCUT2D eigenvalue weighted by Gasteiger charge is 2.57. The molecule has 0 N–H and O–H groups in total. The summed E-state index contributed by atoms with van der Waals surface area (Å²) in [7, 11) is 0. The van der Waals surface area contributed by atoms with Crippen molar-refractivity contribution < 1.29 is 17.6 Å². The van der Waals surface area contributed by atoms with E-state index in [-0.39, 0.29) is 17.8 Å². The Morgan fingerprint density at radius 1 is 1.13 bits per heavy atom. The zero-order chi connectivity index (χ0) is 21.8. The zero-order valence-electron chi connectivity index (χ0n) is 17.8. The van der Waals surface area contributed by atoms with Gasteiger partial charge in [0.15, 0.2) is 0 Å². The number of halogens is 4. The number of hydrogen-bond acceptors (Lipinski definition) is 3. The van der Waals surface area contributed by atoms with E-state index < -0.39 is 11.7 Å². The van der Waals surface area contributed by atoms with Gasteiger partial charge in [0.1, 0.15) is 12.5 Å². The molecule has 2 aliphatic rings. The number of pyridine rings is 1. The molecule has 1 unspecified atom stereocenters. The van der Waals surface area contributed by atoms with Gasteiger partial charge in [-0.25, -0.2) is 9.37 Å². The van der Waals surface area contributed by atoms with E-state index in [1.165, 1.54) is 13.1 Å². The average molecular weight is 424 g/mol. The Balaban J connectivity index is 1.66. The van der Waals surface area contributed by atoms with Crippen molar-refractivity contribution in [2.24, 2.45) is 17.3 Å². The number of aryl methyl sites for hydroxylation is 1. The number of nitrogens with zero attached hydrogens (tertiary/aromatic N) is 4. The zero-order valence-corrected chi connectivity index (χ0v) is 17.8. The molecule has 4 nitrogen and oxygen atoms in total. The Kier molecular flexibility index (Phi) is 5.19. The molecule has 0 aromatic carbocycles. The predicted molar refractivity (Wildman–Crippen MR) is 107 cm³/mol. The van der Waals surface area contributed by atoms with E-state index in [1.807, 2.05) is 6.20 Å². The lowest BCUT2D eigenvalue weighted by molar-refractivity contribution is -0.138. The van der Waals surface area contributed by atoms with E-state index in [0.717, 1.165) is 31.4 Å². The van der Waals surface area contributed by atoms with Crippen LogP contribution in [0.5, 0.6) is 0 Å². The maximum Gasteiger partial charge on any atom is 0.418 e. The molecule has 0 bridgehead atoms. The maximum atomic E-state index is 13.3. The van der Waals surface area contributed by atoms with Crippen LogP contribution in [-0.4, -0.2) is 45.7 Å². The van der Waals surface area contributed by atoms with Gasteiger partial charge in [0, 0.05) is 55.7 Å². The van der Waals surface area contributed by atoms with Crippen molar-refractivity contribution in [2.75, 3.05) is 26.3 Å². The predicted octanol–water partition coefficient (Wildman–Crippen LogP) is 4.93. The topological polar surface area (TPSA) is 34.0 Å². The number of rotatable bonds is 5. The van der Waals surface area contributed by atoms with Gasteiger partial charge in [-0.05, 0) is 30.2 Å². The Morgan fingerprint density at radius 2 is 1.80 bits per heavy atom. The molecular formula is C22H28F4N4. The van der Waals surface area contributed by atoms with Crippen molar-refractivity contribution in [1.82, 2.24) is 19.4 Å². The van der Waals surface area contributed by atoms with Gasteiger partial charge in [0.2, 0.25) is 0 Å². The van der Waals surface area contributed by atoms with Gasteiger partial charge < -0.3 is 9.47 Å². The molecule has 4 rings (SSSR count). The molecular weight excluding hydrogens is 396 g/mol. The molecule has 8 heteroatoms. The van der Waals surface area contributed by atoms with Gasteiger partial charge in [-0.1, -0.05) is 20.8 Å². The molecule has 0 amide bonds. The molecule has 3 atom stereocenters. The standard InChI is InChI=1S/C22H28F4N4/c1-13-17(22(24,25)26)7-14(9-27-13)18-12-30(19(28-18)8-21(2,3)4)20-15-10-29(6-5-23)11-16(15)20/h7,9,12,15-16,20H,5-6,8,10-11H2,1-4H3/t15-,16+,20?. The second-order valence-electron chi connectivity index (χ2n) is 9.81. The van der Waals surface area contributed by atoms with Crippen molar-refractivity contribution in [3.63, 3.8) is 0 Å². The van der Waals surface area contributed by atoms with E-state index in [4.69, 9.17) is 4.98 Å². The average Bonchev–Trinajstić information content (AvgIpc) is 2.96. The highest BCUT2D eigenvalue weighted by Crippen LogP contribution is 2.56. The summed E-state index contributed by atoms with van der Waals surface area (Å²) in [4.78, 5) is 10.9. The summed E-state index contributed by atoms with van der Waals surface area (Å²) in [5.74, 6) is 1.81. The lowest BCUT2D eigenvalue weighted by Gasteiger charge is -2.21. The quantitative estimate of drug-likeness (QED) is 0.638. The second-order valence-corrected chi connectivity index (χ2v) is 9.81. The number of likely N-dealkylation sites (tertiary alicyclic amines) is 1. The van der Waals surface area contributed by atoms with Crippen LogP contribution < -0.4 is 0 Å². The fraction of sp³-hybridized carbons (Fsp3) is 0.636. The lowest BCUT2D eigenvalue weighted by Crippen LogP contribution is -2.27. The number of alkyl halides is 4. The molecule has 0 radical (unpaired) electrons. The highest BCUT2D eigenvalue weighted by molar-refractivity contribution is 5.59. The largest absolute Gasteiger partial charge is 0.418 e. The molecule has 2 fully saturated rings. The van der Waals surface area contributed by atoms with Crippen molar-refractivity contribution in [2.45, 2.75) is 46.3 Å². The van der Waals surface area contributed by atoms with Gasteiger partial charge in [0.05, 0.1) is 11.3 Å². The fourth-order valence-corrected chi connectivity index (χ4v) is 4.69. The molecule has 2 aromatic rings. The van der Waals surface area contributed by atoms with E-state index in [1.54, 1.807) is 0 Å². The first-order valence-electron chi connectivity index (χ1n) is 10.4. The molecule has 1 aliphatic carbocycles. The first kappa shape index (κ1) is 21.3. The number of hydrogen-bond donors (Lipinski definition) is 0. The summed E-state index contributed by atoms with van der Waals surface area (Å²) in [6.45, 7) is 9.60. The SMILES string of the molecule is Cc1ncc(-c2cn(C3[C@H]4CN(CCF)C[C@@H]34)c(CC(C)(C)C)n2)cc1C(F)(F)F. The van der Waals surface area contributed by atoms with Crippen LogP contribution in [0, 0.1) is 24.2 Å². The van der Waals surface area contributed by atoms with Gasteiger partial charge in [-0.2, -0.15) is 13.2 Å². The van der Waals surface area contributed by atoms with Crippen LogP contribution >= 0.6 is 0 Å². The molecule has 3 heterocycles. The van der Waals surface area contributed by atoms with Crippen molar-refractivity contribution in [3.05, 3.63) is 35.5 Å². The number of aromatic nitrogens is 3. The monoisotopic (exact) mass is 424 g/mol. The maximum absolute atomic E-state index is 13.3. The summed E-state index contributed by atoms with van der Waals surface area (Å²) in [5, 5.41) is 0. The summed E-state index contributed by atoms with van der Waals surface area (Å²) in [5.41, 5.74) is 0.139. The van der Waals surface area contributed by atoms with Crippen LogP contribution in [0.4, 0.5) is 17.6 Å². The van der Waals surface area contributed by atoms with Crippen LogP contribution in [0.15, 0.2) is 18.5 Å². The van der Waals surface area contributed by atoms with Crippen LogP contribution in [0.3, 0.4) is 0 Å². The molecule has 30 heavy (non-hydrogen) atoms. The molecule has 0 spiro atoms. The minimum atomic E-state index is -4.45. The van der Waals surface area contributed by atoms with E-state index in [0.29, 0.717) is 35.7 Å². The Bertz CT molecular complexity index is 916. The first-order valence-corrected chi connectivity index (χ1v) is 10.4. The Labute approximate surface area is 174 Å². The van der Waals surface area contributed by atoms with Gasteiger partial charge in [-0.15, -0.1) is 0 Å². The normalized spacial score (nSPS) is 24.3. The number of imidazole rings is 1. The summed E-state index contributed by atoms with van der Waals surface area (Å²) in [6.07, 6.45) is -0.370. The lowest BCUT2D eigenvalue weighted by atomic mass is 9.92. The second kappa shape index (κ2) is 7.32. The molecule has 1 saturated carbocycles. The molecule has 1 saturated heterocycles. The molecule has 1 aliphatic heterocycles. The first-order chi connectivity index (χ1) is 14.0. The highest BCUT2D eigenvalue weighted by atomic mass is 19.4.